The van der Waals surface area contributed by atoms with Crippen LogP contribution in [-0.4, -0.2) is 15.8 Å². The lowest BCUT2D eigenvalue weighted by atomic mass is 9.84. The molecule has 1 aromatic heterocycles. The second-order valence-corrected chi connectivity index (χ2v) is 4.66. The van der Waals surface area contributed by atoms with Gasteiger partial charge in [-0.3, -0.25) is 4.68 Å². The topological polar surface area (TPSA) is 29.9 Å². The van der Waals surface area contributed by atoms with Crippen molar-refractivity contribution in [2.45, 2.75) is 45.1 Å². The molecule has 0 radical (unpaired) electrons. The van der Waals surface area contributed by atoms with Crippen molar-refractivity contribution < 1.29 is 0 Å². The highest BCUT2D eigenvalue weighted by Gasteiger charge is 2.20. The Hall–Kier alpha value is -0.990. The van der Waals surface area contributed by atoms with Crippen LogP contribution in [0.1, 0.15) is 39.0 Å². The fourth-order valence-corrected chi connectivity index (χ4v) is 2.49. The molecule has 0 aliphatic heterocycles. The van der Waals surface area contributed by atoms with Crippen LogP contribution in [0.25, 0.3) is 0 Å². The maximum atomic E-state index is 4.36. The van der Waals surface area contributed by atoms with Crippen LogP contribution in [0.3, 0.4) is 0 Å². The second kappa shape index (κ2) is 4.69. The molecular weight excluding hydrogens is 186 g/mol. The van der Waals surface area contributed by atoms with Gasteiger partial charge in [-0.1, -0.05) is 26.2 Å². The Morgan fingerprint density at radius 2 is 2.40 bits per heavy atom. The van der Waals surface area contributed by atoms with Crippen molar-refractivity contribution >= 4 is 5.82 Å². The second-order valence-electron chi connectivity index (χ2n) is 4.66. The van der Waals surface area contributed by atoms with Gasteiger partial charge in [-0.05, 0) is 18.8 Å². The van der Waals surface area contributed by atoms with E-state index in [1.165, 1.54) is 32.1 Å². The van der Waals surface area contributed by atoms with E-state index >= 15 is 0 Å². The number of rotatable bonds is 3. The molecule has 1 N–H and O–H groups in total. The third-order valence-corrected chi connectivity index (χ3v) is 3.43. The van der Waals surface area contributed by atoms with Crippen molar-refractivity contribution in [1.29, 1.82) is 0 Å². The average molecular weight is 207 g/mol. The molecule has 1 saturated carbocycles. The van der Waals surface area contributed by atoms with Gasteiger partial charge in [-0.2, -0.15) is 5.10 Å². The first kappa shape index (κ1) is 10.5. The Bertz CT molecular complexity index is 306. The van der Waals surface area contributed by atoms with Gasteiger partial charge in [0.2, 0.25) is 0 Å². The van der Waals surface area contributed by atoms with E-state index in [1.54, 1.807) is 0 Å². The number of nitrogens with one attached hydrogen (secondary N) is 1. The fourth-order valence-electron chi connectivity index (χ4n) is 2.49. The first-order valence-electron chi connectivity index (χ1n) is 6.04. The molecule has 0 saturated heterocycles. The molecule has 15 heavy (non-hydrogen) atoms. The monoisotopic (exact) mass is 207 g/mol. The minimum absolute atomic E-state index is 0.638. The molecule has 3 heteroatoms. The van der Waals surface area contributed by atoms with E-state index in [9.17, 15) is 0 Å². The summed E-state index contributed by atoms with van der Waals surface area (Å²) in [6, 6.07) is 2.69. The molecule has 2 atom stereocenters. The van der Waals surface area contributed by atoms with Gasteiger partial charge in [0, 0.05) is 25.4 Å². The highest BCUT2D eigenvalue weighted by molar-refractivity contribution is 5.33. The summed E-state index contributed by atoms with van der Waals surface area (Å²) in [6.45, 7) is 2.30. The van der Waals surface area contributed by atoms with Crippen molar-refractivity contribution in [3.63, 3.8) is 0 Å². The fraction of sp³-hybridized carbons (Fsp3) is 0.750. The molecule has 84 valence electrons. The predicted molar refractivity (Wildman–Crippen MR) is 62.9 cm³/mol. The summed E-state index contributed by atoms with van der Waals surface area (Å²) in [5, 5.41) is 7.90. The van der Waals surface area contributed by atoms with Gasteiger partial charge in [0.15, 0.2) is 0 Å². The molecule has 0 amide bonds. The first-order valence-corrected chi connectivity index (χ1v) is 6.04. The van der Waals surface area contributed by atoms with Gasteiger partial charge in [-0.25, -0.2) is 0 Å². The maximum absolute atomic E-state index is 4.36. The molecule has 1 aromatic rings. The first-order chi connectivity index (χ1) is 7.28. The number of anilines is 1. The zero-order chi connectivity index (χ0) is 10.7. The molecule has 1 heterocycles. The van der Waals surface area contributed by atoms with E-state index in [-0.39, 0.29) is 0 Å². The number of aromatic nitrogens is 2. The Morgan fingerprint density at radius 1 is 1.53 bits per heavy atom. The van der Waals surface area contributed by atoms with Crippen LogP contribution in [0.15, 0.2) is 12.3 Å². The highest BCUT2D eigenvalue weighted by atomic mass is 15.3. The summed E-state index contributed by atoms with van der Waals surface area (Å²) in [5.41, 5.74) is 0. The number of aryl methyl sites for hydroxylation is 1. The van der Waals surface area contributed by atoms with Crippen molar-refractivity contribution in [3.05, 3.63) is 12.3 Å². The molecular formula is C12H21N3. The Morgan fingerprint density at radius 3 is 3.07 bits per heavy atom. The SMILES string of the molecule is CCC1CCCC(Nc2ccn(C)n2)C1. The standard InChI is InChI=1S/C12H21N3/c1-3-10-5-4-6-11(9-10)13-12-7-8-15(2)14-12/h7-8,10-11H,3-6,9H2,1-2H3,(H,13,14). The van der Waals surface area contributed by atoms with Gasteiger partial charge < -0.3 is 5.32 Å². The third kappa shape index (κ3) is 2.74. The van der Waals surface area contributed by atoms with E-state index < -0.39 is 0 Å². The zero-order valence-corrected chi connectivity index (χ0v) is 9.74. The summed E-state index contributed by atoms with van der Waals surface area (Å²) < 4.78 is 1.85. The van der Waals surface area contributed by atoms with E-state index in [2.05, 4.69) is 23.4 Å². The molecule has 0 bridgehead atoms. The highest BCUT2D eigenvalue weighted by Crippen LogP contribution is 2.28. The largest absolute Gasteiger partial charge is 0.366 e. The minimum Gasteiger partial charge on any atom is -0.366 e. The molecule has 1 aliphatic carbocycles. The molecule has 2 unspecified atom stereocenters. The van der Waals surface area contributed by atoms with Gasteiger partial charge in [0.25, 0.3) is 0 Å². The van der Waals surface area contributed by atoms with E-state index in [1.807, 2.05) is 17.9 Å². The number of nitrogens with zero attached hydrogens (tertiary/aromatic N) is 2. The predicted octanol–water partition coefficient (Wildman–Crippen LogP) is 2.80. The summed E-state index contributed by atoms with van der Waals surface area (Å²) in [7, 11) is 1.96. The normalized spacial score (nSPS) is 26.5. The molecule has 0 spiro atoms. The van der Waals surface area contributed by atoms with Crippen molar-refractivity contribution in [2.75, 3.05) is 5.32 Å². The number of hydrogen-bond acceptors (Lipinski definition) is 2. The van der Waals surface area contributed by atoms with Gasteiger partial charge in [-0.15, -0.1) is 0 Å². The molecule has 1 aliphatic rings. The van der Waals surface area contributed by atoms with Crippen LogP contribution < -0.4 is 5.32 Å². The lowest BCUT2D eigenvalue weighted by molar-refractivity contribution is 0.327. The minimum atomic E-state index is 0.638. The summed E-state index contributed by atoms with van der Waals surface area (Å²) in [6.07, 6.45) is 8.70. The maximum Gasteiger partial charge on any atom is 0.148 e. The molecule has 1 fully saturated rings. The lowest BCUT2D eigenvalue weighted by Crippen LogP contribution is -2.27. The molecule has 3 nitrogen and oxygen atoms in total. The Balaban J connectivity index is 1.88. The van der Waals surface area contributed by atoms with Gasteiger partial charge in [0.1, 0.15) is 5.82 Å². The quantitative estimate of drug-likeness (QED) is 0.826. The van der Waals surface area contributed by atoms with E-state index in [4.69, 9.17) is 0 Å². The summed E-state index contributed by atoms with van der Waals surface area (Å²) >= 11 is 0. The van der Waals surface area contributed by atoms with Crippen molar-refractivity contribution in [3.8, 4) is 0 Å². The lowest BCUT2D eigenvalue weighted by Gasteiger charge is -2.29. The van der Waals surface area contributed by atoms with E-state index in [0.717, 1.165) is 11.7 Å². The Labute approximate surface area is 91.9 Å². The van der Waals surface area contributed by atoms with Crippen LogP contribution >= 0.6 is 0 Å². The molecule has 0 aromatic carbocycles. The van der Waals surface area contributed by atoms with Crippen LogP contribution in [0, 0.1) is 5.92 Å². The Kier molecular flexibility index (Phi) is 3.29. The summed E-state index contributed by atoms with van der Waals surface area (Å²) in [5.74, 6) is 1.94. The average Bonchev–Trinajstić information content (AvgIpc) is 2.64. The number of hydrogen-bond donors (Lipinski definition) is 1. The van der Waals surface area contributed by atoms with Crippen molar-refractivity contribution in [2.24, 2.45) is 13.0 Å². The van der Waals surface area contributed by atoms with E-state index in [0.29, 0.717) is 6.04 Å². The summed E-state index contributed by atoms with van der Waals surface area (Å²) in [4.78, 5) is 0. The third-order valence-electron chi connectivity index (χ3n) is 3.43. The zero-order valence-electron chi connectivity index (χ0n) is 9.74. The van der Waals surface area contributed by atoms with Gasteiger partial charge in [0.05, 0.1) is 0 Å². The smallest absolute Gasteiger partial charge is 0.148 e. The van der Waals surface area contributed by atoms with Crippen molar-refractivity contribution in [1.82, 2.24) is 9.78 Å². The van der Waals surface area contributed by atoms with Crippen LogP contribution in [0.2, 0.25) is 0 Å². The van der Waals surface area contributed by atoms with Crippen LogP contribution in [0.4, 0.5) is 5.82 Å². The van der Waals surface area contributed by atoms with Crippen LogP contribution in [0.5, 0.6) is 0 Å². The van der Waals surface area contributed by atoms with Gasteiger partial charge >= 0.3 is 0 Å². The van der Waals surface area contributed by atoms with Crippen LogP contribution in [-0.2, 0) is 7.05 Å². The molecule has 2 rings (SSSR count).